The monoisotopic (exact) mass is 398 g/mol. The van der Waals surface area contributed by atoms with Crippen LogP contribution in [0.2, 0.25) is 0 Å². The maximum Gasteiger partial charge on any atom is 0.407 e. The average molecular weight is 398 g/mol. The summed E-state index contributed by atoms with van der Waals surface area (Å²) in [4.78, 5) is 37.8. The molecule has 9 nitrogen and oxygen atoms in total. The van der Waals surface area contributed by atoms with Crippen molar-refractivity contribution in [1.82, 2.24) is 19.8 Å². The van der Waals surface area contributed by atoms with E-state index in [0.29, 0.717) is 50.1 Å². The predicted molar refractivity (Wildman–Crippen MR) is 110 cm³/mol. The molecule has 1 aliphatic heterocycles. The van der Waals surface area contributed by atoms with E-state index in [4.69, 9.17) is 5.11 Å². The number of benzene rings is 1. The fourth-order valence-electron chi connectivity index (χ4n) is 3.17. The molecule has 0 atom stereocenters. The lowest BCUT2D eigenvalue weighted by Crippen LogP contribution is -2.33. The van der Waals surface area contributed by atoms with Crippen molar-refractivity contribution in [3.63, 3.8) is 0 Å². The van der Waals surface area contributed by atoms with Gasteiger partial charge >= 0.3 is 6.09 Å². The van der Waals surface area contributed by atoms with Crippen molar-refractivity contribution in [2.45, 2.75) is 20.0 Å². The molecule has 0 spiro atoms. The number of nitrogens with zero attached hydrogens (tertiary/aromatic N) is 5. The van der Waals surface area contributed by atoms with Gasteiger partial charge in [-0.3, -0.25) is 4.79 Å². The van der Waals surface area contributed by atoms with Gasteiger partial charge in [0, 0.05) is 53.0 Å². The first-order valence-corrected chi connectivity index (χ1v) is 9.52. The molecule has 0 saturated heterocycles. The minimum Gasteiger partial charge on any atom is -0.465 e. The van der Waals surface area contributed by atoms with E-state index in [0.717, 1.165) is 11.1 Å². The first kappa shape index (κ1) is 20.4. The zero-order chi connectivity index (χ0) is 21.0. The lowest BCUT2D eigenvalue weighted by atomic mass is 10.1. The third-order valence-electron chi connectivity index (χ3n) is 4.83. The summed E-state index contributed by atoms with van der Waals surface area (Å²) in [6.07, 6.45) is 0.619. The fourth-order valence-corrected chi connectivity index (χ4v) is 3.17. The number of hydrogen-bond donors (Lipinski definition) is 2. The molecule has 9 heteroatoms. The number of carbonyl (C=O) groups is 2. The molecular weight excluding hydrogens is 372 g/mol. The quantitative estimate of drug-likeness (QED) is 0.768. The average Bonchev–Trinajstić information content (AvgIpc) is 2.81. The highest BCUT2D eigenvalue weighted by atomic mass is 16.4. The zero-order valence-corrected chi connectivity index (χ0v) is 16.9. The van der Waals surface area contributed by atoms with E-state index in [2.05, 4.69) is 15.3 Å². The normalized spacial score (nSPS) is 13.7. The van der Waals surface area contributed by atoms with Crippen LogP contribution in [0.5, 0.6) is 0 Å². The molecule has 154 valence electrons. The van der Waals surface area contributed by atoms with Gasteiger partial charge in [0.25, 0.3) is 5.91 Å². The Morgan fingerprint density at radius 1 is 1.24 bits per heavy atom. The smallest absolute Gasteiger partial charge is 0.407 e. The Kier molecular flexibility index (Phi) is 6.16. The van der Waals surface area contributed by atoms with Crippen molar-refractivity contribution in [2.24, 2.45) is 0 Å². The number of hydrogen-bond acceptors (Lipinski definition) is 6. The number of rotatable bonds is 6. The number of nitrogens with one attached hydrogen (secondary N) is 1. The van der Waals surface area contributed by atoms with Crippen LogP contribution in [0.3, 0.4) is 0 Å². The summed E-state index contributed by atoms with van der Waals surface area (Å²) < 4.78 is 0. The molecule has 0 unspecified atom stereocenters. The Bertz CT molecular complexity index is 886. The second kappa shape index (κ2) is 8.76. The van der Waals surface area contributed by atoms with E-state index < -0.39 is 6.09 Å². The summed E-state index contributed by atoms with van der Waals surface area (Å²) in [5.41, 5.74) is 2.37. The molecule has 1 aliphatic rings. The second-order valence-corrected chi connectivity index (χ2v) is 7.06. The molecule has 29 heavy (non-hydrogen) atoms. The standard InChI is InChI=1S/C20H26N6O3/c1-4-21-19-22-11-16-17(23-19)24(2)9-10-26(18(16)27)13-15-7-5-14(6-8-15)12-25(3)20(28)29/h5-8,11H,4,9-10,12-13H2,1-3H3,(H,28,29)(H,21,22,23). The first-order chi connectivity index (χ1) is 13.9. The number of carbonyl (C=O) groups excluding carboxylic acids is 1. The van der Waals surface area contributed by atoms with Gasteiger partial charge in [-0.2, -0.15) is 4.98 Å². The molecule has 2 heterocycles. The van der Waals surface area contributed by atoms with Gasteiger partial charge in [-0.25, -0.2) is 9.78 Å². The Morgan fingerprint density at radius 2 is 1.93 bits per heavy atom. The van der Waals surface area contributed by atoms with Crippen LogP contribution in [0.25, 0.3) is 0 Å². The highest BCUT2D eigenvalue weighted by molar-refractivity contribution is 5.99. The molecule has 0 fully saturated rings. The van der Waals surface area contributed by atoms with Crippen molar-refractivity contribution in [3.05, 3.63) is 47.2 Å². The summed E-state index contributed by atoms with van der Waals surface area (Å²) in [5.74, 6) is 1.05. The maximum absolute atomic E-state index is 13.1. The Hall–Kier alpha value is -3.36. The van der Waals surface area contributed by atoms with Crippen LogP contribution in [0.15, 0.2) is 30.5 Å². The van der Waals surface area contributed by atoms with Gasteiger partial charge in [-0.05, 0) is 18.1 Å². The fraction of sp³-hybridized carbons (Fsp3) is 0.400. The number of fused-ring (bicyclic) bond motifs is 1. The summed E-state index contributed by atoms with van der Waals surface area (Å²) in [6, 6.07) is 7.64. The molecule has 0 saturated carbocycles. The van der Waals surface area contributed by atoms with Crippen LogP contribution in [0, 0.1) is 0 Å². The van der Waals surface area contributed by atoms with Crippen LogP contribution >= 0.6 is 0 Å². The van der Waals surface area contributed by atoms with Crippen molar-refractivity contribution in [1.29, 1.82) is 0 Å². The van der Waals surface area contributed by atoms with E-state index in [1.807, 2.05) is 43.1 Å². The van der Waals surface area contributed by atoms with Crippen LogP contribution in [0.4, 0.5) is 16.6 Å². The zero-order valence-electron chi connectivity index (χ0n) is 16.9. The van der Waals surface area contributed by atoms with Crippen molar-refractivity contribution in [3.8, 4) is 0 Å². The minimum absolute atomic E-state index is 0.0953. The molecule has 3 rings (SSSR count). The molecule has 2 N–H and O–H groups in total. The highest BCUT2D eigenvalue weighted by Crippen LogP contribution is 2.23. The van der Waals surface area contributed by atoms with Gasteiger partial charge in [-0.15, -0.1) is 0 Å². The van der Waals surface area contributed by atoms with Crippen molar-refractivity contribution >= 4 is 23.8 Å². The second-order valence-electron chi connectivity index (χ2n) is 7.06. The lowest BCUT2D eigenvalue weighted by molar-refractivity contribution is 0.0754. The molecule has 0 bridgehead atoms. The summed E-state index contributed by atoms with van der Waals surface area (Å²) >= 11 is 0. The maximum atomic E-state index is 13.1. The topological polar surface area (TPSA) is 102 Å². The molecular formula is C20H26N6O3. The van der Waals surface area contributed by atoms with Crippen LogP contribution < -0.4 is 10.2 Å². The summed E-state index contributed by atoms with van der Waals surface area (Å²) in [6.45, 7) is 4.71. The minimum atomic E-state index is -0.966. The summed E-state index contributed by atoms with van der Waals surface area (Å²) in [5, 5.41) is 12.1. The van der Waals surface area contributed by atoms with E-state index >= 15 is 0 Å². The molecule has 2 aromatic rings. The van der Waals surface area contributed by atoms with Crippen LogP contribution in [0.1, 0.15) is 28.4 Å². The first-order valence-electron chi connectivity index (χ1n) is 9.52. The Balaban J connectivity index is 1.74. The molecule has 0 radical (unpaired) electrons. The summed E-state index contributed by atoms with van der Waals surface area (Å²) in [7, 11) is 3.45. The highest BCUT2D eigenvalue weighted by Gasteiger charge is 2.27. The van der Waals surface area contributed by atoms with Gasteiger partial charge in [0.2, 0.25) is 5.95 Å². The SMILES string of the molecule is CCNc1ncc2c(n1)N(C)CCN(Cc1ccc(CN(C)C(=O)O)cc1)C2=O. The van der Waals surface area contributed by atoms with Crippen molar-refractivity contribution < 1.29 is 14.7 Å². The Morgan fingerprint density at radius 3 is 2.59 bits per heavy atom. The van der Waals surface area contributed by atoms with E-state index in [9.17, 15) is 9.59 Å². The van der Waals surface area contributed by atoms with E-state index in [1.54, 1.807) is 11.1 Å². The van der Waals surface area contributed by atoms with E-state index in [-0.39, 0.29) is 5.91 Å². The van der Waals surface area contributed by atoms with Gasteiger partial charge in [0.15, 0.2) is 0 Å². The van der Waals surface area contributed by atoms with Gasteiger partial charge < -0.3 is 25.1 Å². The lowest BCUT2D eigenvalue weighted by Gasteiger charge is -2.21. The van der Waals surface area contributed by atoms with Crippen LogP contribution in [-0.2, 0) is 13.1 Å². The molecule has 1 aromatic carbocycles. The third-order valence-corrected chi connectivity index (χ3v) is 4.83. The number of aromatic nitrogens is 2. The van der Waals surface area contributed by atoms with Crippen molar-refractivity contribution in [2.75, 3.05) is 43.9 Å². The number of likely N-dealkylation sites (N-methyl/N-ethyl adjacent to an activating group) is 1. The van der Waals surface area contributed by atoms with Gasteiger partial charge in [-0.1, -0.05) is 24.3 Å². The van der Waals surface area contributed by atoms with E-state index in [1.165, 1.54) is 11.9 Å². The molecule has 1 aromatic heterocycles. The van der Waals surface area contributed by atoms with Gasteiger partial charge in [0.05, 0.1) is 0 Å². The predicted octanol–water partition coefficient (Wildman–Crippen LogP) is 2.11. The largest absolute Gasteiger partial charge is 0.465 e. The van der Waals surface area contributed by atoms with Crippen LogP contribution in [-0.4, -0.2) is 70.6 Å². The number of amides is 2. The third kappa shape index (κ3) is 4.74. The Labute approximate surface area is 170 Å². The molecule has 2 amide bonds. The number of carboxylic acid groups (broad SMARTS) is 1. The number of anilines is 2. The van der Waals surface area contributed by atoms with Gasteiger partial charge in [0.1, 0.15) is 11.4 Å². The molecule has 0 aliphatic carbocycles.